The van der Waals surface area contributed by atoms with E-state index in [0.29, 0.717) is 4.47 Å². The monoisotopic (exact) mass is 328 g/mol. The summed E-state index contributed by atoms with van der Waals surface area (Å²) in [6.07, 6.45) is 0. The summed E-state index contributed by atoms with van der Waals surface area (Å²) >= 11 is 3.28. The van der Waals surface area contributed by atoms with Gasteiger partial charge in [-0.15, -0.1) is 0 Å². The van der Waals surface area contributed by atoms with Crippen LogP contribution in [0.1, 0.15) is 27.7 Å². The third kappa shape index (κ3) is 4.35. The molecular weight excluding hydrogens is 312 g/mol. The Hall–Kier alpha value is -1.36. The third-order valence-electron chi connectivity index (χ3n) is 2.29. The molecule has 104 valence electrons. The fourth-order valence-electron chi connectivity index (χ4n) is 1.11. The zero-order chi connectivity index (χ0) is 14.6. The van der Waals surface area contributed by atoms with E-state index in [0.717, 1.165) is 0 Å². The fourth-order valence-corrected chi connectivity index (χ4v) is 1.54. The van der Waals surface area contributed by atoms with Gasteiger partial charge in [-0.3, -0.25) is 9.59 Å². The van der Waals surface area contributed by atoms with Crippen molar-refractivity contribution in [3.63, 3.8) is 0 Å². The zero-order valence-corrected chi connectivity index (χ0v) is 13.0. The molecule has 1 aromatic rings. The van der Waals surface area contributed by atoms with Gasteiger partial charge in [0, 0.05) is 0 Å². The van der Waals surface area contributed by atoms with Crippen molar-refractivity contribution in [2.75, 3.05) is 0 Å². The molecule has 19 heavy (non-hydrogen) atoms. The minimum Gasteiger partial charge on any atom is -0.422 e. The van der Waals surface area contributed by atoms with Gasteiger partial charge in [0.2, 0.25) is 0 Å². The molecule has 0 fully saturated rings. The second-order valence-electron chi connectivity index (χ2n) is 4.72. The van der Waals surface area contributed by atoms with Crippen LogP contribution in [0.2, 0.25) is 0 Å². The van der Waals surface area contributed by atoms with Crippen LogP contribution in [0.5, 0.6) is 11.5 Å². The van der Waals surface area contributed by atoms with Crippen LogP contribution >= 0.6 is 15.9 Å². The number of esters is 2. The van der Waals surface area contributed by atoms with Crippen molar-refractivity contribution in [1.82, 2.24) is 0 Å². The molecule has 0 spiro atoms. The Morgan fingerprint density at radius 1 is 1.00 bits per heavy atom. The van der Waals surface area contributed by atoms with Gasteiger partial charge in [-0.1, -0.05) is 33.8 Å². The first-order valence-electron chi connectivity index (χ1n) is 6.04. The Bertz CT molecular complexity index is 480. The van der Waals surface area contributed by atoms with E-state index in [4.69, 9.17) is 9.47 Å². The number of benzene rings is 1. The molecule has 5 heteroatoms. The van der Waals surface area contributed by atoms with Crippen molar-refractivity contribution in [2.45, 2.75) is 27.7 Å². The van der Waals surface area contributed by atoms with E-state index in [-0.39, 0.29) is 35.3 Å². The molecule has 0 unspecified atom stereocenters. The van der Waals surface area contributed by atoms with Gasteiger partial charge < -0.3 is 9.47 Å². The van der Waals surface area contributed by atoms with Gasteiger partial charge in [-0.05, 0) is 28.1 Å². The van der Waals surface area contributed by atoms with E-state index < -0.39 is 0 Å². The van der Waals surface area contributed by atoms with E-state index in [2.05, 4.69) is 15.9 Å². The molecule has 0 bridgehead atoms. The van der Waals surface area contributed by atoms with Gasteiger partial charge in [-0.2, -0.15) is 0 Å². The van der Waals surface area contributed by atoms with Crippen LogP contribution in [-0.4, -0.2) is 11.9 Å². The second-order valence-corrected chi connectivity index (χ2v) is 5.57. The number of halogens is 1. The van der Waals surface area contributed by atoms with E-state index >= 15 is 0 Å². The molecule has 0 heterocycles. The molecule has 1 rings (SSSR count). The molecule has 0 saturated heterocycles. The van der Waals surface area contributed by atoms with E-state index in [1.165, 1.54) is 0 Å². The minimum absolute atomic E-state index is 0.232. The molecule has 0 aliphatic rings. The second kappa shape index (κ2) is 6.70. The van der Waals surface area contributed by atoms with Crippen LogP contribution in [0.3, 0.4) is 0 Å². The molecule has 4 nitrogen and oxygen atoms in total. The van der Waals surface area contributed by atoms with Crippen LogP contribution in [0.15, 0.2) is 22.7 Å². The number of rotatable bonds is 4. The lowest BCUT2D eigenvalue weighted by Gasteiger charge is -2.14. The average molecular weight is 329 g/mol. The van der Waals surface area contributed by atoms with Crippen molar-refractivity contribution < 1.29 is 19.1 Å². The van der Waals surface area contributed by atoms with Crippen LogP contribution in [0.25, 0.3) is 0 Å². The number of para-hydroxylation sites is 1. The predicted molar refractivity (Wildman–Crippen MR) is 75.1 cm³/mol. The highest BCUT2D eigenvalue weighted by Gasteiger charge is 2.19. The quantitative estimate of drug-likeness (QED) is 0.626. The lowest BCUT2D eigenvalue weighted by Crippen LogP contribution is -2.18. The normalized spacial score (nSPS) is 10.7. The van der Waals surface area contributed by atoms with Gasteiger partial charge in [0.15, 0.2) is 11.5 Å². The van der Waals surface area contributed by atoms with Gasteiger partial charge in [0.05, 0.1) is 16.3 Å². The number of hydrogen-bond donors (Lipinski definition) is 0. The Morgan fingerprint density at radius 3 is 2.05 bits per heavy atom. The van der Waals surface area contributed by atoms with Gasteiger partial charge >= 0.3 is 11.9 Å². The van der Waals surface area contributed by atoms with Gasteiger partial charge in [0.25, 0.3) is 0 Å². The number of hydrogen-bond acceptors (Lipinski definition) is 4. The first-order valence-corrected chi connectivity index (χ1v) is 6.84. The predicted octanol–water partition coefficient (Wildman–Crippen LogP) is 3.57. The highest BCUT2D eigenvalue weighted by molar-refractivity contribution is 9.10. The van der Waals surface area contributed by atoms with Gasteiger partial charge in [-0.25, -0.2) is 0 Å². The topological polar surface area (TPSA) is 52.6 Å². The SMILES string of the molecule is CC(C)C(=O)Oc1cccc(Br)c1OC(=O)C(C)C. The van der Waals surface area contributed by atoms with Crippen LogP contribution in [0.4, 0.5) is 0 Å². The molecule has 0 aliphatic carbocycles. The summed E-state index contributed by atoms with van der Waals surface area (Å²) in [7, 11) is 0. The Kier molecular flexibility index (Phi) is 5.54. The average Bonchev–Trinajstić information content (AvgIpc) is 2.32. The van der Waals surface area contributed by atoms with Crippen LogP contribution < -0.4 is 9.47 Å². The molecule has 0 aromatic heterocycles. The van der Waals surface area contributed by atoms with Gasteiger partial charge in [0.1, 0.15) is 0 Å². The molecular formula is C14H17BrO4. The largest absolute Gasteiger partial charge is 0.422 e. The summed E-state index contributed by atoms with van der Waals surface area (Å²) in [4.78, 5) is 23.3. The smallest absolute Gasteiger partial charge is 0.313 e. The van der Waals surface area contributed by atoms with Crippen molar-refractivity contribution in [3.8, 4) is 11.5 Å². The zero-order valence-electron chi connectivity index (χ0n) is 11.4. The van der Waals surface area contributed by atoms with Crippen molar-refractivity contribution in [3.05, 3.63) is 22.7 Å². The summed E-state index contributed by atoms with van der Waals surface area (Å²) in [5, 5.41) is 0. The van der Waals surface area contributed by atoms with E-state index in [1.54, 1.807) is 45.9 Å². The number of carbonyl (C=O) groups excluding carboxylic acids is 2. The standard InChI is InChI=1S/C14H17BrO4/c1-8(2)13(16)18-11-7-5-6-10(15)12(11)19-14(17)9(3)4/h5-9H,1-4H3. The van der Waals surface area contributed by atoms with Crippen molar-refractivity contribution in [2.24, 2.45) is 11.8 Å². The van der Waals surface area contributed by atoms with E-state index in [9.17, 15) is 9.59 Å². The molecule has 0 amide bonds. The maximum atomic E-state index is 11.7. The van der Waals surface area contributed by atoms with Crippen LogP contribution in [-0.2, 0) is 9.59 Å². The summed E-state index contributed by atoms with van der Waals surface area (Å²) < 4.78 is 11.0. The summed E-state index contributed by atoms with van der Waals surface area (Å²) in [6, 6.07) is 5.02. The van der Waals surface area contributed by atoms with E-state index in [1.807, 2.05) is 0 Å². The lowest BCUT2D eigenvalue weighted by molar-refractivity contribution is -0.140. The van der Waals surface area contributed by atoms with Crippen molar-refractivity contribution >= 4 is 27.9 Å². The Labute approximate surface area is 121 Å². The first kappa shape index (κ1) is 15.7. The lowest BCUT2D eigenvalue weighted by atomic mass is 10.2. The summed E-state index contributed by atoms with van der Waals surface area (Å²) in [5.74, 6) is -0.806. The minimum atomic E-state index is -0.381. The molecule has 0 N–H and O–H groups in total. The highest BCUT2D eigenvalue weighted by Crippen LogP contribution is 2.36. The summed E-state index contributed by atoms with van der Waals surface area (Å²) in [6.45, 7) is 6.94. The molecule has 0 aliphatic heterocycles. The number of ether oxygens (including phenoxy) is 2. The highest BCUT2D eigenvalue weighted by atomic mass is 79.9. The molecule has 0 radical (unpaired) electrons. The molecule has 0 saturated carbocycles. The molecule has 1 aromatic carbocycles. The Balaban J connectivity index is 3.02. The molecule has 0 atom stereocenters. The first-order chi connectivity index (χ1) is 8.82. The number of carbonyl (C=O) groups is 2. The van der Waals surface area contributed by atoms with Crippen LogP contribution in [0, 0.1) is 11.8 Å². The fraction of sp³-hybridized carbons (Fsp3) is 0.429. The Morgan fingerprint density at radius 2 is 1.53 bits per heavy atom. The maximum absolute atomic E-state index is 11.7. The van der Waals surface area contributed by atoms with Crippen molar-refractivity contribution in [1.29, 1.82) is 0 Å². The maximum Gasteiger partial charge on any atom is 0.313 e. The third-order valence-corrected chi connectivity index (χ3v) is 2.91. The summed E-state index contributed by atoms with van der Waals surface area (Å²) in [5.41, 5.74) is 0.